The van der Waals surface area contributed by atoms with E-state index in [0.717, 1.165) is 17.1 Å². The number of carbonyl (C=O) groups is 1. The highest BCUT2D eigenvalue weighted by Gasteiger charge is 2.09. The number of rotatable bonds is 3. The summed E-state index contributed by atoms with van der Waals surface area (Å²) in [4.78, 5) is 22.7. The van der Waals surface area contributed by atoms with Gasteiger partial charge in [-0.15, -0.1) is 5.10 Å². The SMILES string of the molecule is O=Cc1cnn(-c2ccn(C(F)F)c(=O)c2)n1. The number of aldehydes is 1. The van der Waals surface area contributed by atoms with Crippen molar-refractivity contribution in [1.29, 1.82) is 0 Å². The van der Waals surface area contributed by atoms with Crippen molar-refractivity contribution < 1.29 is 13.6 Å². The summed E-state index contributed by atoms with van der Waals surface area (Å²) in [6, 6.07) is 2.21. The third kappa shape index (κ3) is 2.10. The maximum absolute atomic E-state index is 12.3. The zero-order valence-electron chi connectivity index (χ0n) is 8.33. The Kier molecular flexibility index (Phi) is 2.77. The Balaban J connectivity index is 2.44. The van der Waals surface area contributed by atoms with Gasteiger partial charge in [0, 0.05) is 12.3 Å². The maximum atomic E-state index is 12.3. The smallest absolute Gasteiger partial charge is 0.296 e. The van der Waals surface area contributed by atoms with Crippen LogP contribution in [0.5, 0.6) is 0 Å². The van der Waals surface area contributed by atoms with Gasteiger partial charge in [0.1, 0.15) is 5.69 Å². The predicted octanol–water partition coefficient (Wildman–Crippen LogP) is 0.637. The van der Waals surface area contributed by atoms with E-state index in [0.29, 0.717) is 6.29 Å². The molecule has 8 heteroatoms. The van der Waals surface area contributed by atoms with Crippen LogP contribution in [-0.2, 0) is 0 Å². The molecule has 0 fully saturated rings. The van der Waals surface area contributed by atoms with Crippen molar-refractivity contribution in [3.63, 3.8) is 0 Å². The first kappa shape index (κ1) is 11.1. The van der Waals surface area contributed by atoms with Crippen molar-refractivity contribution in [2.75, 3.05) is 0 Å². The molecule has 0 saturated heterocycles. The first-order valence-corrected chi connectivity index (χ1v) is 4.50. The quantitative estimate of drug-likeness (QED) is 0.738. The highest BCUT2D eigenvalue weighted by Crippen LogP contribution is 2.08. The van der Waals surface area contributed by atoms with E-state index in [-0.39, 0.29) is 15.9 Å². The number of alkyl halides is 2. The molecule has 17 heavy (non-hydrogen) atoms. The first-order chi connectivity index (χ1) is 8.11. The average molecular weight is 240 g/mol. The molecule has 0 aliphatic carbocycles. The van der Waals surface area contributed by atoms with E-state index in [1.807, 2.05) is 0 Å². The first-order valence-electron chi connectivity index (χ1n) is 4.50. The minimum absolute atomic E-state index is 0.0861. The van der Waals surface area contributed by atoms with Gasteiger partial charge in [-0.1, -0.05) is 0 Å². The van der Waals surface area contributed by atoms with Crippen LogP contribution in [0.15, 0.2) is 29.3 Å². The average Bonchev–Trinajstić information content (AvgIpc) is 2.76. The van der Waals surface area contributed by atoms with Crippen LogP contribution in [0.1, 0.15) is 17.0 Å². The highest BCUT2D eigenvalue weighted by molar-refractivity contribution is 5.70. The van der Waals surface area contributed by atoms with Gasteiger partial charge in [-0.2, -0.15) is 18.7 Å². The highest BCUT2D eigenvalue weighted by atomic mass is 19.3. The van der Waals surface area contributed by atoms with Gasteiger partial charge >= 0.3 is 6.55 Å². The van der Waals surface area contributed by atoms with Gasteiger partial charge in [0.2, 0.25) is 0 Å². The molecule has 0 saturated carbocycles. The Morgan fingerprint density at radius 1 is 1.41 bits per heavy atom. The summed E-state index contributed by atoms with van der Waals surface area (Å²) in [6.45, 7) is -2.90. The topological polar surface area (TPSA) is 69.8 Å². The third-order valence-corrected chi connectivity index (χ3v) is 2.00. The van der Waals surface area contributed by atoms with Crippen molar-refractivity contribution >= 4 is 6.29 Å². The zero-order chi connectivity index (χ0) is 12.4. The lowest BCUT2D eigenvalue weighted by molar-refractivity contribution is 0.0663. The minimum atomic E-state index is -2.90. The molecule has 0 unspecified atom stereocenters. The Hall–Kier alpha value is -2.38. The molecule has 0 aliphatic rings. The number of carbonyl (C=O) groups excluding carboxylic acids is 1. The standard InChI is InChI=1S/C9H6F2N4O2/c10-9(11)14-2-1-7(3-8(14)17)15-12-4-6(5-16)13-15/h1-5,9H. The van der Waals surface area contributed by atoms with E-state index in [9.17, 15) is 18.4 Å². The second-order valence-electron chi connectivity index (χ2n) is 3.08. The van der Waals surface area contributed by atoms with Gasteiger partial charge in [0.25, 0.3) is 5.56 Å². The summed E-state index contributed by atoms with van der Waals surface area (Å²) in [5, 5.41) is 7.43. The largest absolute Gasteiger partial charge is 0.321 e. The van der Waals surface area contributed by atoms with Crippen LogP contribution in [0.3, 0.4) is 0 Å². The van der Waals surface area contributed by atoms with Crippen molar-refractivity contribution in [2.45, 2.75) is 6.55 Å². The number of pyridine rings is 1. The van der Waals surface area contributed by atoms with E-state index in [1.54, 1.807) is 0 Å². The van der Waals surface area contributed by atoms with E-state index >= 15 is 0 Å². The normalized spacial score (nSPS) is 10.8. The summed E-state index contributed by atoms with van der Waals surface area (Å²) in [5.41, 5.74) is -0.578. The molecule has 2 rings (SSSR count). The van der Waals surface area contributed by atoms with Gasteiger partial charge in [-0.05, 0) is 6.07 Å². The number of halogens is 2. The van der Waals surface area contributed by atoms with Gasteiger partial charge in [-0.25, -0.2) is 0 Å². The molecule has 0 radical (unpaired) electrons. The van der Waals surface area contributed by atoms with Gasteiger partial charge in [-0.3, -0.25) is 14.2 Å². The monoisotopic (exact) mass is 240 g/mol. The fraction of sp³-hybridized carbons (Fsp3) is 0.111. The molecule has 0 bridgehead atoms. The van der Waals surface area contributed by atoms with E-state index in [2.05, 4.69) is 10.2 Å². The molecule has 0 spiro atoms. The van der Waals surface area contributed by atoms with E-state index in [4.69, 9.17) is 0 Å². The molecule has 2 aromatic rings. The van der Waals surface area contributed by atoms with Crippen molar-refractivity contribution in [3.8, 4) is 5.69 Å². The lowest BCUT2D eigenvalue weighted by Crippen LogP contribution is -2.20. The molecule has 2 heterocycles. The molecule has 88 valence electrons. The third-order valence-electron chi connectivity index (χ3n) is 2.00. The molecular formula is C9H6F2N4O2. The molecule has 0 atom stereocenters. The Morgan fingerprint density at radius 3 is 2.71 bits per heavy atom. The van der Waals surface area contributed by atoms with Crippen LogP contribution in [0.2, 0.25) is 0 Å². The predicted molar refractivity (Wildman–Crippen MR) is 52.3 cm³/mol. The lowest BCUT2D eigenvalue weighted by Gasteiger charge is -2.04. The van der Waals surface area contributed by atoms with Gasteiger partial charge in [0.15, 0.2) is 6.29 Å². The maximum Gasteiger partial charge on any atom is 0.321 e. The van der Waals surface area contributed by atoms with Crippen molar-refractivity contribution in [1.82, 2.24) is 19.6 Å². The van der Waals surface area contributed by atoms with E-state index in [1.165, 1.54) is 12.3 Å². The van der Waals surface area contributed by atoms with Crippen LogP contribution in [-0.4, -0.2) is 25.8 Å². The van der Waals surface area contributed by atoms with Gasteiger partial charge in [0.05, 0.1) is 11.9 Å². The summed E-state index contributed by atoms with van der Waals surface area (Å²) in [7, 11) is 0. The fourth-order valence-corrected chi connectivity index (χ4v) is 1.22. The summed E-state index contributed by atoms with van der Waals surface area (Å²) in [6.07, 6.45) is 2.63. The lowest BCUT2D eigenvalue weighted by atomic mass is 10.4. The Morgan fingerprint density at radius 2 is 2.18 bits per heavy atom. The molecule has 0 aliphatic heterocycles. The second kappa shape index (κ2) is 4.24. The Labute approximate surface area is 93.1 Å². The summed E-state index contributed by atoms with van der Waals surface area (Å²) < 4.78 is 24.9. The van der Waals surface area contributed by atoms with Crippen LogP contribution in [0.25, 0.3) is 5.69 Å². The number of hydrogen-bond donors (Lipinski definition) is 0. The second-order valence-corrected chi connectivity index (χ2v) is 3.08. The summed E-state index contributed by atoms with van der Waals surface area (Å²) in [5.74, 6) is 0. The molecule has 0 N–H and O–H groups in total. The molecule has 0 amide bonds. The molecular weight excluding hydrogens is 234 g/mol. The Bertz CT molecular complexity index is 605. The van der Waals surface area contributed by atoms with Crippen LogP contribution < -0.4 is 5.56 Å². The van der Waals surface area contributed by atoms with Crippen LogP contribution in [0, 0.1) is 0 Å². The fourth-order valence-electron chi connectivity index (χ4n) is 1.22. The zero-order valence-corrected chi connectivity index (χ0v) is 8.33. The van der Waals surface area contributed by atoms with Crippen LogP contribution >= 0.6 is 0 Å². The molecule has 6 nitrogen and oxygen atoms in total. The van der Waals surface area contributed by atoms with Gasteiger partial charge < -0.3 is 0 Å². The number of nitrogens with zero attached hydrogens (tertiary/aromatic N) is 4. The molecule has 0 aromatic carbocycles. The van der Waals surface area contributed by atoms with Crippen molar-refractivity contribution in [3.05, 3.63) is 40.6 Å². The van der Waals surface area contributed by atoms with Crippen molar-refractivity contribution in [2.24, 2.45) is 0 Å². The number of aromatic nitrogens is 4. The summed E-state index contributed by atoms with van der Waals surface area (Å²) >= 11 is 0. The minimum Gasteiger partial charge on any atom is -0.296 e. The van der Waals surface area contributed by atoms with E-state index < -0.39 is 12.1 Å². The van der Waals surface area contributed by atoms with Crippen LogP contribution in [0.4, 0.5) is 8.78 Å². The number of hydrogen-bond acceptors (Lipinski definition) is 4. The molecule has 2 aromatic heterocycles.